The molecule has 2 nitrogen and oxygen atoms in total. The maximum Gasteiger partial charge on any atom is 0.246 e. The summed E-state index contributed by atoms with van der Waals surface area (Å²) in [6.45, 7) is 1.90. The summed E-state index contributed by atoms with van der Waals surface area (Å²) >= 11 is 15.5. The Morgan fingerprint density at radius 2 is 1.85 bits per heavy atom. The number of hydrogen-bond donors (Lipinski definition) is 1. The van der Waals surface area contributed by atoms with Crippen LogP contribution in [0.3, 0.4) is 0 Å². The molecule has 0 heterocycles. The standard InChI is InChI=1S/C15H12BrCl2NO/c1-9-2-7-12(17)8-13(9)19-15(20)14(18)10-3-5-11(16)6-4-10/h2-8,14H,1H3,(H,19,20). The zero-order valence-electron chi connectivity index (χ0n) is 10.7. The first kappa shape index (κ1) is 15.4. The number of carbonyl (C=O) groups excluding carboxylic acids is 1. The van der Waals surface area contributed by atoms with E-state index in [9.17, 15) is 4.79 Å². The number of hydrogen-bond acceptors (Lipinski definition) is 1. The summed E-state index contributed by atoms with van der Waals surface area (Å²) in [6, 6.07) is 12.7. The predicted octanol–water partition coefficient (Wildman–Crippen LogP) is 5.33. The quantitative estimate of drug-likeness (QED) is 0.725. The smallest absolute Gasteiger partial charge is 0.246 e. The van der Waals surface area contributed by atoms with Gasteiger partial charge in [-0.3, -0.25) is 4.79 Å². The van der Waals surface area contributed by atoms with Gasteiger partial charge in [-0.1, -0.05) is 45.7 Å². The van der Waals surface area contributed by atoms with Gasteiger partial charge in [-0.2, -0.15) is 0 Å². The first-order chi connectivity index (χ1) is 9.47. The van der Waals surface area contributed by atoms with Crippen LogP contribution in [0, 0.1) is 6.92 Å². The van der Waals surface area contributed by atoms with E-state index in [4.69, 9.17) is 23.2 Å². The van der Waals surface area contributed by atoms with Crippen molar-refractivity contribution in [1.29, 1.82) is 0 Å². The van der Waals surface area contributed by atoms with Gasteiger partial charge in [0.1, 0.15) is 5.38 Å². The van der Waals surface area contributed by atoms with Crippen molar-refractivity contribution >= 4 is 50.7 Å². The first-order valence-electron chi connectivity index (χ1n) is 5.94. The number of carbonyl (C=O) groups is 1. The second-order valence-corrected chi connectivity index (χ2v) is 6.15. The molecule has 2 aromatic carbocycles. The molecular weight excluding hydrogens is 361 g/mol. The number of benzene rings is 2. The fourth-order valence-corrected chi connectivity index (χ4v) is 2.34. The molecule has 2 aromatic rings. The van der Waals surface area contributed by atoms with Gasteiger partial charge in [0.05, 0.1) is 0 Å². The summed E-state index contributed by atoms with van der Waals surface area (Å²) in [5.41, 5.74) is 2.35. The molecule has 0 saturated heterocycles. The minimum Gasteiger partial charge on any atom is -0.324 e. The van der Waals surface area contributed by atoms with E-state index in [-0.39, 0.29) is 5.91 Å². The van der Waals surface area contributed by atoms with Crippen LogP contribution in [0.2, 0.25) is 5.02 Å². The maximum absolute atomic E-state index is 12.2. The van der Waals surface area contributed by atoms with E-state index >= 15 is 0 Å². The molecule has 2 rings (SSSR count). The highest BCUT2D eigenvalue weighted by molar-refractivity contribution is 9.10. The van der Waals surface area contributed by atoms with E-state index in [0.29, 0.717) is 10.7 Å². The van der Waals surface area contributed by atoms with E-state index in [0.717, 1.165) is 15.6 Å². The van der Waals surface area contributed by atoms with Crippen LogP contribution in [0.1, 0.15) is 16.5 Å². The topological polar surface area (TPSA) is 29.1 Å². The van der Waals surface area contributed by atoms with Crippen LogP contribution in [-0.4, -0.2) is 5.91 Å². The van der Waals surface area contributed by atoms with Crippen molar-refractivity contribution in [3.8, 4) is 0 Å². The highest BCUT2D eigenvalue weighted by Gasteiger charge is 2.18. The molecule has 0 aliphatic heterocycles. The summed E-state index contributed by atoms with van der Waals surface area (Å²) < 4.78 is 0.941. The lowest BCUT2D eigenvalue weighted by Gasteiger charge is -2.13. The van der Waals surface area contributed by atoms with Crippen molar-refractivity contribution in [2.24, 2.45) is 0 Å². The Kier molecular flexibility index (Phi) is 5.08. The van der Waals surface area contributed by atoms with Crippen LogP contribution in [-0.2, 0) is 4.79 Å². The van der Waals surface area contributed by atoms with Crippen molar-refractivity contribution in [3.05, 3.63) is 63.1 Å². The molecule has 0 fully saturated rings. The molecule has 0 radical (unpaired) electrons. The molecule has 0 spiro atoms. The van der Waals surface area contributed by atoms with Crippen LogP contribution in [0.5, 0.6) is 0 Å². The van der Waals surface area contributed by atoms with E-state index in [1.165, 1.54) is 0 Å². The van der Waals surface area contributed by atoms with Crippen LogP contribution in [0.15, 0.2) is 46.9 Å². The lowest BCUT2D eigenvalue weighted by atomic mass is 10.1. The number of aryl methyl sites for hydroxylation is 1. The largest absolute Gasteiger partial charge is 0.324 e. The molecule has 0 bridgehead atoms. The molecule has 1 N–H and O–H groups in total. The fraction of sp³-hybridized carbons (Fsp3) is 0.133. The summed E-state index contributed by atoms with van der Waals surface area (Å²) in [6.07, 6.45) is 0. The van der Waals surface area contributed by atoms with Crippen molar-refractivity contribution in [2.45, 2.75) is 12.3 Å². The van der Waals surface area contributed by atoms with Crippen LogP contribution in [0.25, 0.3) is 0 Å². The summed E-state index contributed by atoms with van der Waals surface area (Å²) in [4.78, 5) is 12.2. The van der Waals surface area contributed by atoms with Gasteiger partial charge in [-0.25, -0.2) is 0 Å². The Morgan fingerprint density at radius 1 is 1.20 bits per heavy atom. The molecule has 5 heteroatoms. The Morgan fingerprint density at radius 3 is 2.50 bits per heavy atom. The second kappa shape index (κ2) is 6.61. The normalized spacial score (nSPS) is 12.0. The van der Waals surface area contributed by atoms with Crippen LogP contribution in [0.4, 0.5) is 5.69 Å². The highest BCUT2D eigenvalue weighted by Crippen LogP contribution is 2.26. The van der Waals surface area contributed by atoms with Gasteiger partial charge in [0.15, 0.2) is 0 Å². The Labute approximate surface area is 136 Å². The van der Waals surface area contributed by atoms with E-state index < -0.39 is 5.38 Å². The number of rotatable bonds is 3. The van der Waals surface area contributed by atoms with Crippen LogP contribution >= 0.6 is 39.1 Å². The molecule has 0 aromatic heterocycles. The lowest BCUT2D eigenvalue weighted by molar-refractivity contribution is -0.116. The average molecular weight is 373 g/mol. The second-order valence-electron chi connectivity index (χ2n) is 4.36. The molecule has 104 valence electrons. The molecule has 1 amide bonds. The molecule has 1 unspecified atom stereocenters. The summed E-state index contributed by atoms with van der Waals surface area (Å²) in [5.74, 6) is -0.278. The van der Waals surface area contributed by atoms with Gasteiger partial charge in [0.25, 0.3) is 0 Å². The van der Waals surface area contributed by atoms with Crippen molar-refractivity contribution in [2.75, 3.05) is 5.32 Å². The molecule has 0 aliphatic carbocycles. The lowest BCUT2D eigenvalue weighted by Crippen LogP contribution is -2.17. The number of halogens is 3. The molecule has 1 atom stereocenters. The summed E-state index contributed by atoms with van der Waals surface area (Å²) in [7, 11) is 0. The van der Waals surface area contributed by atoms with E-state index in [1.807, 2.05) is 37.3 Å². The Hall–Kier alpha value is -1.03. The van der Waals surface area contributed by atoms with Gasteiger partial charge in [0, 0.05) is 15.2 Å². The van der Waals surface area contributed by atoms with Crippen molar-refractivity contribution in [3.63, 3.8) is 0 Å². The zero-order valence-corrected chi connectivity index (χ0v) is 13.8. The third kappa shape index (κ3) is 3.75. The van der Waals surface area contributed by atoms with Crippen molar-refractivity contribution < 1.29 is 4.79 Å². The number of amides is 1. The van der Waals surface area contributed by atoms with E-state index in [1.54, 1.807) is 12.1 Å². The van der Waals surface area contributed by atoms with Crippen molar-refractivity contribution in [1.82, 2.24) is 0 Å². The Balaban J connectivity index is 2.15. The zero-order chi connectivity index (χ0) is 14.7. The van der Waals surface area contributed by atoms with Gasteiger partial charge < -0.3 is 5.32 Å². The summed E-state index contributed by atoms with van der Waals surface area (Å²) in [5, 5.41) is 2.62. The SMILES string of the molecule is Cc1ccc(Cl)cc1NC(=O)C(Cl)c1ccc(Br)cc1. The fourth-order valence-electron chi connectivity index (χ4n) is 1.71. The molecular formula is C15H12BrCl2NO. The number of alkyl halides is 1. The van der Waals surface area contributed by atoms with Gasteiger partial charge in [-0.15, -0.1) is 11.6 Å². The minimum absolute atomic E-state index is 0.278. The van der Waals surface area contributed by atoms with E-state index in [2.05, 4.69) is 21.2 Å². The highest BCUT2D eigenvalue weighted by atomic mass is 79.9. The first-order valence-corrected chi connectivity index (χ1v) is 7.54. The number of anilines is 1. The van der Waals surface area contributed by atoms with Crippen LogP contribution < -0.4 is 5.32 Å². The molecule has 20 heavy (non-hydrogen) atoms. The molecule has 0 saturated carbocycles. The molecule has 0 aliphatic rings. The van der Waals surface area contributed by atoms with Gasteiger partial charge >= 0.3 is 0 Å². The third-order valence-electron chi connectivity index (χ3n) is 2.85. The van der Waals surface area contributed by atoms with Gasteiger partial charge in [-0.05, 0) is 42.3 Å². The van der Waals surface area contributed by atoms with Gasteiger partial charge in [0.2, 0.25) is 5.91 Å². The monoisotopic (exact) mass is 371 g/mol. The maximum atomic E-state index is 12.2. The number of nitrogens with one attached hydrogen (secondary N) is 1. The minimum atomic E-state index is -0.749. The third-order valence-corrected chi connectivity index (χ3v) is 4.06. The average Bonchev–Trinajstić information content (AvgIpc) is 2.43. The Bertz CT molecular complexity index is 628. The predicted molar refractivity (Wildman–Crippen MR) is 87.6 cm³/mol.